The molecule has 0 saturated carbocycles. The van der Waals surface area contributed by atoms with E-state index in [0.29, 0.717) is 19.5 Å². The van der Waals surface area contributed by atoms with E-state index in [9.17, 15) is 4.79 Å². The van der Waals surface area contributed by atoms with Gasteiger partial charge in [0.1, 0.15) is 5.60 Å². The molecule has 0 bridgehead atoms. The number of piperidine rings is 1. The summed E-state index contributed by atoms with van der Waals surface area (Å²) in [4.78, 5) is 13.6. The Morgan fingerprint density at radius 3 is 2.28 bits per heavy atom. The third kappa shape index (κ3) is 4.14. The van der Waals surface area contributed by atoms with Crippen molar-refractivity contribution in [3.8, 4) is 0 Å². The Labute approximate surface area is 109 Å². The number of carbonyl (C=O) groups excluding carboxylic acids is 1. The van der Waals surface area contributed by atoms with Crippen LogP contribution in [0.4, 0.5) is 4.79 Å². The van der Waals surface area contributed by atoms with Crippen LogP contribution in [0.25, 0.3) is 0 Å². The van der Waals surface area contributed by atoms with Crippen molar-refractivity contribution in [1.82, 2.24) is 4.90 Å². The normalized spacial score (nSPS) is 19.7. The second-order valence-corrected chi connectivity index (χ2v) is 5.83. The lowest BCUT2D eigenvalue weighted by Crippen LogP contribution is -2.49. The quantitative estimate of drug-likeness (QED) is 0.839. The number of likely N-dealkylation sites (tertiary alicyclic amines) is 1. The zero-order chi connectivity index (χ0) is 13.8. The number of nitrogens with zero attached hydrogens (tertiary/aromatic N) is 1. The van der Waals surface area contributed by atoms with Crippen molar-refractivity contribution < 1.29 is 19.4 Å². The zero-order valence-electron chi connectivity index (χ0n) is 11.9. The highest BCUT2D eigenvalue weighted by atomic mass is 16.6. The summed E-state index contributed by atoms with van der Waals surface area (Å²) in [6.45, 7) is 6.92. The fourth-order valence-electron chi connectivity index (χ4n) is 2.18. The molecule has 1 heterocycles. The molecule has 0 aliphatic carbocycles. The highest BCUT2D eigenvalue weighted by Crippen LogP contribution is 2.29. The van der Waals surface area contributed by atoms with Crippen molar-refractivity contribution in [2.24, 2.45) is 0 Å². The molecule has 1 aliphatic heterocycles. The monoisotopic (exact) mass is 259 g/mol. The van der Waals surface area contributed by atoms with Gasteiger partial charge < -0.3 is 19.5 Å². The first-order valence-corrected chi connectivity index (χ1v) is 6.46. The SMILES string of the molecule is COC1(CCO)CCN(C(=O)OC(C)(C)C)CC1. The van der Waals surface area contributed by atoms with E-state index in [-0.39, 0.29) is 18.3 Å². The lowest BCUT2D eigenvalue weighted by molar-refractivity contribution is -0.0718. The third-order valence-electron chi connectivity index (χ3n) is 3.33. The number of ether oxygens (including phenoxy) is 2. The maximum absolute atomic E-state index is 11.9. The second kappa shape index (κ2) is 5.89. The summed E-state index contributed by atoms with van der Waals surface area (Å²) in [6.07, 6.45) is 1.83. The van der Waals surface area contributed by atoms with Crippen LogP contribution in [0, 0.1) is 0 Å². The molecule has 1 saturated heterocycles. The molecule has 1 aliphatic rings. The minimum atomic E-state index is -0.460. The Balaban J connectivity index is 2.50. The Kier molecular flexibility index (Phi) is 4.99. The molecule has 0 radical (unpaired) electrons. The largest absolute Gasteiger partial charge is 0.444 e. The molecular weight excluding hydrogens is 234 g/mol. The maximum Gasteiger partial charge on any atom is 0.410 e. The summed E-state index contributed by atoms with van der Waals surface area (Å²) < 4.78 is 10.8. The molecule has 18 heavy (non-hydrogen) atoms. The topological polar surface area (TPSA) is 59.0 Å². The van der Waals surface area contributed by atoms with Gasteiger partial charge in [-0.05, 0) is 40.0 Å². The van der Waals surface area contributed by atoms with E-state index >= 15 is 0 Å². The van der Waals surface area contributed by atoms with Gasteiger partial charge in [-0.25, -0.2) is 4.79 Å². The standard InChI is InChI=1S/C13H25NO4/c1-12(2,3)18-11(16)14-8-5-13(17-4,6-9-14)7-10-15/h15H,5-10H2,1-4H3. The molecule has 5 heteroatoms. The Morgan fingerprint density at radius 2 is 1.89 bits per heavy atom. The van der Waals surface area contributed by atoms with Gasteiger partial charge in [-0.1, -0.05) is 0 Å². The molecule has 1 amide bonds. The van der Waals surface area contributed by atoms with E-state index in [1.807, 2.05) is 20.8 Å². The fourth-order valence-corrected chi connectivity index (χ4v) is 2.18. The van der Waals surface area contributed by atoms with Gasteiger partial charge in [0.2, 0.25) is 0 Å². The molecule has 1 N–H and O–H groups in total. The van der Waals surface area contributed by atoms with Crippen LogP contribution in [0.2, 0.25) is 0 Å². The summed E-state index contributed by atoms with van der Waals surface area (Å²) in [5.41, 5.74) is -0.745. The Bertz CT molecular complexity index is 277. The van der Waals surface area contributed by atoms with Crippen molar-refractivity contribution in [2.45, 2.75) is 51.2 Å². The van der Waals surface area contributed by atoms with Gasteiger partial charge in [0.05, 0.1) is 5.60 Å². The van der Waals surface area contributed by atoms with Gasteiger partial charge in [0.15, 0.2) is 0 Å². The lowest BCUT2D eigenvalue weighted by Gasteiger charge is -2.40. The smallest absolute Gasteiger partial charge is 0.410 e. The first kappa shape index (κ1) is 15.2. The molecule has 1 fully saturated rings. The van der Waals surface area contributed by atoms with Crippen LogP contribution in [0.15, 0.2) is 0 Å². The summed E-state index contributed by atoms with van der Waals surface area (Å²) in [5.74, 6) is 0. The van der Waals surface area contributed by atoms with Crippen molar-refractivity contribution in [3.63, 3.8) is 0 Å². The molecule has 0 aromatic rings. The number of amides is 1. The molecule has 0 spiro atoms. The van der Waals surface area contributed by atoms with E-state index in [1.165, 1.54) is 0 Å². The maximum atomic E-state index is 11.9. The average Bonchev–Trinajstić information content (AvgIpc) is 2.28. The number of aliphatic hydroxyl groups is 1. The zero-order valence-corrected chi connectivity index (χ0v) is 11.9. The molecule has 1 rings (SSSR count). The number of carbonyl (C=O) groups is 1. The molecule has 106 valence electrons. The van der Waals surface area contributed by atoms with E-state index in [4.69, 9.17) is 14.6 Å². The fraction of sp³-hybridized carbons (Fsp3) is 0.923. The summed E-state index contributed by atoms with van der Waals surface area (Å²) >= 11 is 0. The highest BCUT2D eigenvalue weighted by molar-refractivity contribution is 5.68. The number of methoxy groups -OCH3 is 1. The third-order valence-corrected chi connectivity index (χ3v) is 3.33. The van der Waals surface area contributed by atoms with E-state index in [1.54, 1.807) is 12.0 Å². The van der Waals surface area contributed by atoms with Crippen molar-refractivity contribution in [2.75, 3.05) is 26.8 Å². The van der Waals surface area contributed by atoms with E-state index < -0.39 is 5.60 Å². The van der Waals surface area contributed by atoms with Crippen LogP contribution in [0.3, 0.4) is 0 Å². The minimum Gasteiger partial charge on any atom is -0.444 e. The first-order valence-electron chi connectivity index (χ1n) is 6.46. The predicted molar refractivity (Wildman–Crippen MR) is 68.5 cm³/mol. The van der Waals surface area contributed by atoms with Crippen LogP contribution < -0.4 is 0 Å². The first-order chi connectivity index (χ1) is 8.32. The lowest BCUT2D eigenvalue weighted by atomic mass is 9.88. The number of hydrogen-bond acceptors (Lipinski definition) is 4. The van der Waals surface area contributed by atoms with Crippen LogP contribution in [-0.2, 0) is 9.47 Å². The van der Waals surface area contributed by atoms with Gasteiger partial charge in [-0.2, -0.15) is 0 Å². The van der Waals surface area contributed by atoms with Crippen molar-refractivity contribution in [3.05, 3.63) is 0 Å². The minimum absolute atomic E-state index is 0.111. The highest BCUT2D eigenvalue weighted by Gasteiger charge is 2.36. The Hall–Kier alpha value is -0.810. The number of aliphatic hydroxyl groups excluding tert-OH is 1. The van der Waals surface area contributed by atoms with Gasteiger partial charge in [-0.3, -0.25) is 0 Å². The molecule has 0 aromatic heterocycles. The summed E-state index contributed by atoms with van der Waals surface area (Å²) in [7, 11) is 1.67. The van der Waals surface area contributed by atoms with Crippen LogP contribution in [0.1, 0.15) is 40.0 Å². The number of rotatable bonds is 3. The van der Waals surface area contributed by atoms with Gasteiger partial charge in [0.25, 0.3) is 0 Å². The Morgan fingerprint density at radius 1 is 1.33 bits per heavy atom. The van der Waals surface area contributed by atoms with E-state index in [2.05, 4.69) is 0 Å². The van der Waals surface area contributed by atoms with E-state index in [0.717, 1.165) is 12.8 Å². The second-order valence-electron chi connectivity index (χ2n) is 5.83. The number of hydrogen-bond donors (Lipinski definition) is 1. The van der Waals surface area contributed by atoms with Gasteiger partial charge in [-0.15, -0.1) is 0 Å². The van der Waals surface area contributed by atoms with Crippen LogP contribution >= 0.6 is 0 Å². The molecule has 0 aromatic carbocycles. The van der Waals surface area contributed by atoms with Crippen molar-refractivity contribution >= 4 is 6.09 Å². The molecule has 5 nitrogen and oxygen atoms in total. The van der Waals surface area contributed by atoms with Gasteiger partial charge >= 0.3 is 6.09 Å². The van der Waals surface area contributed by atoms with Crippen molar-refractivity contribution in [1.29, 1.82) is 0 Å². The molecule has 0 unspecified atom stereocenters. The molecule has 0 atom stereocenters. The molecular formula is C13H25NO4. The van der Waals surface area contributed by atoms with Crippen LogP contribution in [-0.4, -0.2) is 54.1 Å². The van der Waals surface area contributed by atoms with Gasteiger partial charge in [0, 0.05) is 26.8 Å². The van der Waals surface area contributed by atoms with Crippen LogP contribution in [0.5, 0.6) is 0 Å². The predicted octanol–water partition coefficient (Wildman–Crippen LogP) is 1.78. The summed E-state index contributed by atoms with van der Waals surface area (Å²) in [6, 6.07) is 0. The summed E-state index contributed by atoms with van der Waals surface area (Å²) in [5, 5.41) is 9.06. The average molecular weight is 259 g/mol.